The molecule has 0 bridgehead atoms. The fourth-order valence-corrected chi connectivity index (χ4v) is 4.02. The van der Waals surface area contributed by atoms with E-state index in [1.807, 2.05) is 30.3 Å². The van der Waals surface area contributed by atoms with Crippen LogP contribution in [-0.4, -0.2) is 32.4 Å². The number of amides is 1. The number of benzene rings is 1. The zero-order valence-electron chi connectivity index (χ0n) is 17.2. The Morgan fingerprint density at radius 2 is 1.65 bits per heavy atom. The normalized spacial score (nSPS) is 18.4. The van der Waals surface area contributed by atoms with E-state index >= 15 is 0 Å². The van der Waals surface area contributed by atoms with Gasteiger partial charge in [0.05, 0.1) is 6.42 Å². The highest BCUT2D eigenvalue weighted by atomic mass is 35.5. The van der Waals surface area contributed by atoms with Crippen molar-refractivity contribution < 1.29 is 4.79 Å². The number of carbonyl (C=O) groups excluding carboxylic acids is 1. The number of rotatable bonds is 7. The van der Waals surface area contributed by atoms with Gasteiger partial charge in [-0.3, -0.25) is 10.1 Å². The van der Waals surface area contributed by atoms with Crippen molar-refractivity contribution in [1.29, 1.82) is 0 Å². The first kappa shape index (κ1) is 21.2. The van der Waals surface area contributed by atoms with Gasteiger partial charge in [-0.1, -0.05) is 23.7 Å². The quantitative estimate of drug-likeness (QED) is 0.573. The first-order valence-corrected chi connectivity index (χ1v) is 10.9. The summed E-state index contributed by atoms with van der Waals surface area (Å²) in [5, 5.41) is 6.82. The number of nitrogens with one attached hydrogen (secondary N) is 2. The van der Waals surface area contributed by atoms with E-state index in [2.05, 4.69) is 30.6 Å². The minimum atomic E-state index is 0.0547. The van der Waals surface area contributed by atoms with Crippen molar-refractivity contribution in [2.24, 2.45) is 5.92 Å². The Morgan fingerprint density at radius 1 is 0.935 bits per heavy atom. The average Bonchev–Trinajstić information content (AvgIpc) is 2.80. The van der Waals surface area contributed by atoms with Crippen molar-refractivity contribution in [2.75, 3.05) is 11.9 Å². The smallest absolute Gasteiger partial charge is 0.229 e. The standard InChI is InChI=1S/C23H25ClN6O/c24-19-8-4-16(5-9-19)14-21(31)28-15-17-2-6-18(7-3-17)20-10-13-27-23(29-20)30-22-25-11-1-12-26-22/h1,4-5,8-13,17-18H,2-3,6-7,14-15H2,(H,28,31)(H,25,26,27,29,30). The highest BCUT2D eigenvalue weighted by Gasteiger charge is 2.24. The predicted octanol–water partition coefficient (Wildman–Crippen LogP) is 4.30. The van der Waals surface area contributed by atoms with Gasteiger partial charge in [-0.25, -0.2) is 19.9 Å². The summed E-state index contributed by atoms with van der Waals surface area (Å²) in [6, 6.07) is 11.2. The predicted molar refractivity (Wildman–Crippen MR) is 120 cm³/mol. The number of carbonyl (C=O) groups is 1. The van der Waals surface area contributed by atoms with Gasteiger partial charge in [-0.05, 0) is 61.4 Å². The Balaban J connectivity index is 1.23. The molecule has 31 heavy (non-hydrogen) atoms. The van der Waals surface area contributed by atoms with Gasteiger partial charge in [0.15, 0.2) is 0 Å². The minimum Gasteiger partial charge on any atom is -0.356 e. The topological polar surface area (TPSA) is 92.7 Å². The fourth-order valence-electron chi connectivity index (χ4n) is 3.89. The molecule has 1 saturated carbocycles. The van der Waals surface area contributed by atoms with Crippen LogP contribution in [0, 0.1) is 5.92 Å². The number of halogens is 1. The van der Waals surface area contributed by atoms with Crippen molar-refractivity contribution in [1.82, 2.24) is 25.3 Å². The van der Waals surface area contributed by atoms with Crippen LogP contribution in [0.15, 0.2) is 55.0 Å². The monoisotopic (exact) mass is 436 g/mol. The first-order chi connectivity index (χ1) is 15.2. The van der Waals surface area contributed by atoms with Gasteiger partial charge in [0.2, 0.25) is 17.8 Å². The maximum Gasteiger partial charge on any atom is 0.229 e. The molecule has 0 radical (unpaired) electrons. The summed E-state index contributed by atoms with van der Waals surface area (Å²) in [5.74, 6) is 1.96. The highest BCUT2D eigenvalue weighted by Crippen LogP contribution is 2.34. The van der Waals surface area contributed by atoms with E-state index < -0.39 is 0 Å². The van der Waals surface area contributed by atoms with E-state index in [1.165, 1.54) is 0 Å². The molecule has 0 atom stereocenters. The van der Waals surface area contributed by atoms with Gasteiger partial charge < -0.3 is 5.32 Å². The summed E-state index contributed by atoms with van der Waals surface area (Å²) in [6.45, 7) is 0.723. The van der Waals surface area contributed by atoms with Crippen LogP contribution in [0.1, 0.15) is 42.9 Å². The Kier molecular flexibility index (Phi) is 7.04. The van der Waals surface area contributed by atoms with Gasteiger partial charge in [0, 0.05) is 41.8 Å². The summed E-state index contributed by atoms with van der Waals surface area (Å²) >= 11 is 5.89. The van der Waals surface area contributed by atoms with Crippen LogP contribution in [0.25, 0.3) is 0 Å². The molecule has 0 saturated heterocycles. The van der Waals surface area contributed by atoms with Crippen LogP contribution < -0.4 is 10.6 Å². The second-order valence-corrected chi connectivity index (χ2v) is 8.26. The molecule has 1 aliphatic carbocycles. The largest absolute Gasteiger partial charge is 0.356 e. The molecular formula is C23H25ClN6O. The SMILES string of the molecule is O=C(Cc1ccc(Cl)cc1)NCC1CCC(c2ccnc(Nc3ncccn3)n2)CC1. The second kappa shape index (κ2) is 10.3. The third-order valence-corrected chi connectivity index (χ3v) is 5.85. The van der Waals surface area contributed by atoms with Gasteiger partial charge >= 0.3 is 0 Å². The molecule has 2 heterocycles. The zero-order valence-corrected chi connectivity index (χ0v) is 17.9. The first-order valence-electron chi connectivity index (χ1n) is 10.5. The van der Waals surface area contributed by atoms with Crippen LogP contribution in [0.5, 0.6) is 0 Å². The number of nitrogens with zero attached hydrogens (tertiary/aromatic N) is 4. The minimum absolute atomic E-state index is 0.0547. The number of hydrogen-bond donors (Lipinski definition) is 2. The molecule has 1 fully saturated rings. The maximum atomic E-state index is 12.2. The van der Waals surface area contributed by atoms with E-state index in [0.29, 0.717) is 35.2 Å². The Morgan fingerprint density at radius 3 is 2.39 bits per heavy atom. The molecule has 0 spiro atoms. The van der Waals surface area contributed by atoms with Crippen molar-refractivity contribution in [3.63, 3.8) is 0 Å². The van der Waals surface area contributed by atoms with Crippen LogP contribution in [0.2, 0.25) is 5.02 Å². The third kappa shape index (κ3) is 6.21. The average molecular weight is 437 g/mol. The molecule has 4 rings (SSSR count). The second-order valence-electron chi connectivity index (χ2n) is 7.83. The molecule has 2 N–H and O–H groups in total. The van der Waals surface area contributed by atoms with Gasteiger partial charge in [0.1, 0.15) is 0 Å². The Bertz CT molecular complexity index is 990. The highest BCUT2D eigenvalue weighted by molar-refractivity contribution is 6.30. The molecule has 3 aromatic rings. The van der Waals surface area contributed by atoms with Crippen molar-refractivity contribution in [3.8, 4) is 0 Å². The summed E-state index contributed by atoms with van der Waals surface area (Å²) < 4.78 is 0. The van der Waals surface area contributed by atoms with Crippen LogP contribution in [-0.2, 0) is 11.2 Å². The van der Waals surface area contributed by atoms with E-state index in [1.54, 1.807) is 24.7 Å². The van der Waals surface area contributed by atoms with Gasteiger partial charge in [-0.15, -0.1) is 0 Å². The van der Waals surface area contributed by atoms with Crippen molar-refractivity contribution >= 4 is 29.4 Å². The van der Waals surface area contributed by atoms with Crippen LogP contribution in [0.4, 0.5) is 11.9 Å². The lowest BCUT2D eigenvalue weighted by Crippen LogP contribution is -2.32. The van der Waals surface area contributed by atoms with E-state index in [-0.39, 0.29) is 5.91 Å². The summed E-state index contributed by atoms with van der Waals surface area (Å²) in [6.07, 6.45) is 9.75. The molecule has 2 aromatic heterocycles. The lowest BCUT2D eigenvalue weighted by atomic mass is 9.80. The van der Waals surface area contributed by atoms with Crippen LogP contribution in [0.3, 0.4) is 0 Å². The Hall–Kier alpha value is -3.06. The lowest BCUT2D eigenvalue weighted by molar-refractivity contribution is -0.120. The van der Waals surface area contributed by atoms with Crippen molar-refractivity contribution in [3.05, 3.63) is 71.3 Å². The molecule has 8 heteroatoms. The molecule has 1 aromatic carbocycles. The molecule has 7 nitrogen and oxygen atoms in total. The summed E-state index contributed by atoms with van der Waals surface area (Å²) in [4.78, 5) is 29.5. The summed E-state index contributed by atoms with van der Waals surface area (Å²) in [7, 11) is 0. The molecular weight excluding hydrogens is 412 g/mol. The number of anilines is 2. The number of aromatic nitrogens is 4. The molecule has 0 aliphatic heterocycles. The molecule has 1 amide bonds. The van der Waals surface area contributed by atoms with E-state index in [4.69, 9.17) is 11.6 Å². The summed E-state index contributed by atoms with van der Waals surface area (Å²) in [5.41, 5.74) is 2.01. The maximum absolute atomic E-state index is 12.2. The lowest BCUT2D eigenvalue weighted by Gasteiger charge is -2.28. The van der Waals surface area contributed by atoms with Crippen LogP contribution >= 0.6 is 11.6 Å². The fraction of sp³-hybridized carbons (Fsp3) is 0.348. The zero-order chi connectivity index (χ0) is 21.5. The third-order valence-electron chi connectivity index (χ3n) is 5.60. The molecule has 1 aliphatic rings. The van der Waals surface area contributed by atoms with E-state index in [9.17, 15) is 4.79 Å². The Labute approximate surface area is 186 Å². The van der Waals surface area contributed by atoms with Gasteiger partial charge in [0.25, 0.3) is 0 Å². The number of hydrogen-bond acceptors (Lipinski definition) is 6. The van der Waals surface area contributed by atoms with Crippen molar-refractivity contribution in [2.45, 2.75) is 38.0 Å². The van der Waals surface area contributed by atoms with Gasteiger partial charge in [-0.2, -0.15) is 0 Å². The van der Waals surface area contributed by atoms with E-state index in [0.717, 1.165) is 43.5 Å². The molecule has 0 unspecified atom stereocenters. The molecule has 160 valence electrons.